The summed E-state index contributed by atoms with van der Waals surface area (Å²) >= 11 is 0. The molecule has 0 atom stereocenters. The molecular formula is C11H18N4O. The molecule has 0 aliphatic rings. The van der Waals surface area contributed by atoms with Crippen LogP contribution < -0.4 is 11.3 Å². The number of anilines is 1. The number of hydrogen-bond acceptors (Lipinski definition) is 4. The van der Waals surface area contributed by atoms with Crippen LogP contribution in [0.4, 0.5) is 5.69 Å². The molecule has 16 heavy (non-hydrogen) atoms. The Labute approximate surface area is 95.6 Å². The smallest absolute Gasteiger partial charge is 0.257 e. The Bertz CT molecular complexity index is 390. The minimum Gasteiger partial charge on any atom is -0.339 e. The molecule has 0 unspecified atom stereocenters. The highest BCUT2D eigenvalue weighted by Gasteiger charge is 2.18. The Morgan fingerprint density at radius 2 is 2.19 bits per heavy atom. The number of carbonyl (C=O) groups excluding carboxylic acids is 1. The van der Waals surface area contributed by atoms with Crippen LogP contribution in [0, 0.1) is 6.92 Å². The molecule has 0 aromatic carbocycles. The summed E-state index contributed by atoms with van der Waals surface area (Å²) in [5.41, 5.74) is 4.43. The number of hydrogen-bond donors (Lipinski definition) is 2. The topological polar surface area (TPSA) is 71.2 Å². The van der Waals surface area contributed by atoms with Crippen LogP contribution in [-0.4, -0.2) is 28.9 Å². The van der Waals surface area contributed by atoms with Crippen LogP contribution in [-0.2, 0) is 0 Å². The number of amides is 1. The molecule has 0 radical (unpaired) electrons. The second-order valence-corrected chi connectivity index (χ2v) is 4.03. The number of hydrazine groups is 1. The minimum absolute atomic E-state index is 0.0875. The van der Waals surface area contributed by atoms with Gasteiger partial charge in [0.1, 0.15) is 0 Å². The van der Waals surface area contributed by atoms with E-state index in [2.05, 4.69) is 10.4 Å². The average Bonchev–Trinajstić information content (AvgIpc) is 2.26. The number of nitrogens with zero attached hydrogens (tertiary/aromatic N) is 2. The largest absolute Gasteiger partial charge is 0.339 e. The lowest BCUT2D eigenvalue weighted by Crippen LogP contribution is -2.33. The first-order chi connectivity index (χ1) is 7.47. The molecule has 0 saturated carbocycles. The average molecular weight is 222 g/mol. The van der Waals surface area contributed by atoms with Gasteiger partial charge in [0, 0.05) is 25.0 Å². The van der Waals surface area contributed by atoms with E-state index in [0.717, 1.165) is 5.69 Å². The summed E-state index contributed by atoms with van der Waals surface area (Å²) in [7, 11) is 1.76. The number of nitrogens with one attached hydrogen (secondary N) is 1. The van der Waals surface area contributed by atoms with Gasteiger partial charge in [-0.25, -0.2) is 0 Å². The molecule has 0 bridgehead atoms. The first kappa shape index (κ1) is 12.4. The molecule has 0 aliphatic heterocycles. The van der Waals surface area contributed by atoms with E-state index >= 15 is 0 Å². The summed E-state index contributed by atoms with van der Waals surface area (Å²) in [4.78, 5) is 17.8. The monoisotopic (exact) mass is 222 g/mol. The molecule has 1 amide bonds. The van der Waals surface area contributed by atoms with Crippen LogP contribution in [0.3, 0.4) is 0 Å². The first-order valence-corrected chi connectivity index (χ1v) is 5.17. The molecule has 0 aliphatic carbocycles. The van der Waals surface area contributed by atoms with Crippen LogP contribution in [0.2, 0.25) is 0 Å². The molecular weight excluding hydrogens is 204 g/mol. The molecule has 5 heteroatoms. The lowest BCUT2D eigenvalue weighted by Gasteiger charge is -2.22. The molecule has 1 aromatic heterocycles. The molecule has 88 valence electrons. The number of nitrogen functional groups attached to an aromatic ring is 1. The predicted octanol–water partition coefficient (Wildman–Crippen LogP) is 1.16. The summed E-state index contributed by atoms with van der Waals surface area (Å²) in [6.45, 7) is 5.76. The third-order valence-electron chi connectivity index (χ3n) is 2.52. The third kappa shape index (κ3) is 2.49. The van der Waals surface area contributed by atoms with Gasteiger partial charge in [-0.15, -0.1) is 0 Å². The van der Waals surface area contributed by atoms with Crippen molar-refractivity contribution < 1.29 is 4.79 Å². The number of carbonyl (C=O) groups is 1. The van der Waals surface area contributed by atoms with Crippen molar-refractivity contribution >= 4 is 11.6 Å². The lowest BCUT2D eigenvalue weighted by molar-refractivity contribution is 0.0755. The summed E-state index contributed by atoms with van der Waals surface area (Å²) in [5.74, 6) is 5.30. The summed E-state index contributed by atoms with van der Waals surface area (Å²) in [6.07, 6.45) is 1.55. The van der Waals surface area contributed by atoms with Gasteiger partial charge in [-0.2, -0.15) is 0 Å². The fourth-order valence-electron chi connectivity index (χ4n) is 1.27. The van der Waals surface area contributed by atoms with Gasteiger partial charge in [-0.1, -0.05) is 0 Å². The second-order valence-electron chi connectivity index (χ2n) is 4.03. The number of nitrogens with two attached hydrogens (primary N) is 1. The molecule has 3 N–H and O–H groups in total. The highest BCUT2D eigenvalue weighted by atomic mass is 16.2. The maximum Gasteiger partial charge on any atom is 0.257 e. The van der Waals surface area contributed by atoms with Gasteiger partial charge in [0.15, 0.2) is 0 Å². The number of aryl methyl sites for hydroxylation is 1. The maximum atomic E-state index is 12.1. The second kappa shape index (κ2) is 4.94. The number of aromatic nitrogens is 1. The van der Waals surface area contributed by atoms with E-state index in [-0.39, 0.29) is 11.9 Å². The fraction of sp³-hybridized carbons (Fsp3) is 0.455. The maximum absolute atomic E-state index is 12.1. The quantitative estimate of drug-likeness (QED) is 0.594. The van der Waals surface area contributed by atoms with Gasteiger partial charge in [0.05, 0.1) is 11.3 Å². The van der Waals surface area contributed by atoms with Crippen molar-refractivity contribution in [3.63, 3.8) is 0 Å². The number of rotatable bonds is 3. The summed E-state index contributed by atoms with van der Waals surface area (Å²) in [5, 5.41) is 0. The molecule has 1 heterocycles. The zero-order chi connectivity index (χ0) is 12.3. The molecule has 1 rings (SSSR count). The van der Waals surface area contributed by atoms with Gasteiger partial charge >= 0.3 is 0 Å². The van der Waals surface area contributed by atoms with Crippen LogP contribution in [0.25, 0.3) is 0 Å². The van der Waals surface area contributed by atoms with Crippen LogP contribution in [0.15, 0.2) is 12.3 Å². The minimum atomic E-state index is -0.0875. The Hall–Kier alpha value is -1.62. The lowest BCUT2D eigenvalue weighted by atomic mass is 10.1. The Morgan fingerprint density at radius 3 is 2.69 bits per heavy atom. The van der Waals surface area contributed by atoms with Gasteiger partial charge in [0.25, 0.3) is 5.91 Å². The van der Waals surface area contributed by atoms with Gasteiger partial charge in [0.2, 0.25) is 0 Å². The van der Waals surface area contributed by atoms with Crippen LogP contribution in [0.1, 0.15) is 29.9 Å². The Kier molecular flexibility index (Phi) is 3.84. The molecule has 0 spiro atoms. The standard InChI is InChI=1S/C11H18N4O/c1-7(2)15(4)11(16)9-6-13-8(3)5-10(9)14-12/h5-7H,12H2,1-4H3,(H,13,14). The SMILES string of the molecule is Cc1cc(NN)c(C(=O)N(C)C(C)C)cn1. The molecule has 0 fully saturated rings. The van der Waals surface area contributed by atoms with Crippen molar-refractivity contribution in [3.05, 3.63) is 23.5 Å². The van der Waals surface area contributed by atoms with Gasteiger partial charge in [-0.3, -0.25) is 15.6 Å². The highest BCUT2D eigenvalue weighted by molar-refractivity contribution is 5.99. The Morgan fingerprint density at radius 1 is 1.56 bits per heavy atom. The van der Waals surface area contributed by atoms with E-state index in [1.54, 1.807) is 24.2 Å². The van der Waals surface area contributed by atoms with Gasteiger partial charge in [-0.05, 0) is 26.8 Å². The summed E-state index contributed by atoms with van der Waals surface area (Å²) in [6, 6.07) is 1.89. The van der Waals surface area contributed by atoms with Crippen LogP contribution >= 0.6 is 0 Å². The fourth-order valence-corrected chi connectivity index (χ4v) is 1.27. The van der Waals surface area contributed by atoms with E-state index in [4.69, 9.17) is 5.84 Å². The van der Waals surface area contributed by atoms with E-state index in [9.17, 15) is 4.79 Å². The van der Waals surface area contributed by atoms with E-state index in [1.165, 1.54) is 0 Å². The molecule has 5 nitrogen and oxygen atoms in total. The van der Waals surface area contributed by atoms with Crippen molar-refractivity contribution in [1.82, 2.24) is 9.88 Å². The van der Waals surface area contributed by atoms with Crippen molar-refractivity contribution in [1.29, 1.82) is 0 Å². The van der Waals surface area contributed by atoms with Crippen molar-refractivity contribution in [3.8, 4) is 0 Å². The summed E-state index contributed by atoms with van der Waals surface area (Å²) < 4.78 is 0. The molecule has 1 aromatic rings. The zero-order valence-corrected chi connectivity index (χ0v) is 10.1. The van der Waals surface area contributed by atoms with E-state index in [1.807, 2.05) is 20.8 Å². The highest BCUT2D eigenvalue weighted by Crippen LogP contribution is 2.16. The third-order valence-corrected chi connectivity index (χ3v) is 2.52. The normalized spacial score (nSPS) is 10.4. The van der Waals surface area contributed by atoms with Crippen molar-refractivity contribution in [2.75, 3.05) is 12.5 Å². The van der Waals surface area contributed by atoms with Gasteiger partial charge < -0.3 is 10.3 Å². The zero-order valence-electron chi connectivity index (χ0n) is 10.1. The molecule has 0 saturated heterocycles. The Balaban J connectivity index is 3.08. The van der Waals surface area contributed by atoms with E-state index < -0.39 is 0 Å². The van der Waals surface area contributed by atoms with Crippen molar-refractivity contribution in [2.24, 2.45) is 5.84 Å². The van der Waals surface area contributed by atoms with E-state index in [0.29, 0.717) is 11.3 Å². The van der Waals surface area contributed by atoms with Crippen LogP contribution in [0.5, 0.6) is 0 Å². The first-order valence-electron chi connectivity index (χ1n) is 5.17. The van der Waals surface area contributed by atoms with Crippen molar-refractivity contribution in [2.45, 2.75) is 26.8 Å². The predicted molar refractivity (Wildman–Crippen MR) is 64.0 cm³/mol. The number of pyridine rings is 1.